The molecule has 2 aliphatic rings. The highest BCUT2D eigenvalue weighted by atomic mass is 16.6. The first-order valence-corrected chi connectivity index (χ1v) is 8.26. The van der Waals surface area contributed by atoms with Gasteiger partial charge in [-0.25, -0.2) is 0 Å². The van der Waals surface area contributed by atoms with Crippen LogP contribution in [0.25, 0.3) is 0 Å². The van der Waals surface area contributed by atoms with Gasteiger partial charge in [-0.1, -0.05) is 6.07 Å². The third-order valence-corrected chi connectivity index (χ3v) is 4.10. The van der Waals surface area contributed by atoms with Crippen molar-refractivity contribution in [2.24, 2.45) is 0 Å². The van der Waals surface area contributed by atoms with E-state index in [0.29, 0.717) is 32.6 Å². The van der Waals surface area contributed by atoms with Gasteiger partial charge in [-0.15, -0.1) is 0 Å². The van der Waals surface area contributed by atoms with E-state index >= 15 is 0 Å². The fraction of sp³-hybridized carbons (Fsp3) is 0.588. The molecule has 0 aromatic heterocycles. The van der Waals surface area contributed by atoms with Crippen molar-refractivity contribution < 1.29 is 19.0 Å². The minimum Gasteiger partial charge on any atom is -0.486 e. The fourth-order valence-electron chi connectivity index (χ4n) is 2.77. The summed E-state index contributed by atoms with van der Waals surface area (Å²) in [5.41, 5.74) is 1.09. The van der Waals surface area contributed by atoms with Crippen molar-refractivity contribution in [2.45, 2.75) is 12.8 Å². The van der Waals surface area contributed by atoms with E-state index in [2.05, 4.69) is 10.2 Å². The van der Waals surface area contributed by atoms with Crippen LogP contribution in [0.2, 0.25) is 0 Å². The average molecular weight is 320 g/mol. The third kappa shape index (κ3) is 4.84. The zero-order valence-electron chi connectivity index (χ0n) is 13.4. The van der Waals surface area contributed by atoms with E-state index in [9.17, 15) is 4.79 Å². The summed E-state index contributed by atoms with van der Waals surface area (Å²) in [6.07, 6.45) is 1.20. The topological polar surface area (TPSA) is 60.0 Å². The van der Waals surface area contributed by atoms with E-state index in [1.165, 1.54) is 0 Å². The van der Waals surface area contributed by atoms with E-state index in [-0.39, 0.29) is 5.91 Å². The number of ether oxygens (including phenoxy) is 3. The Kier molecular flexibility index (Phi) is 5.71. The number of nitrogens with one attached hydrogen (secondary N) is 1. The van der Waals surface area contributed by atoms with Crippen LogP contribution in [0.15, 0.2) is 18.2 Å². The molecule has 1 N–H and O–H groups in total. The summed E-state index contributed by atoms with van der Waals surface area (Å²) in [7, 11) is 0. The Morgan fingerprint density at radius 3 is 2.70 bits per heavy atom. The van der Waals surface area contributed by atoms with Gasteiger partial charge in [-0.2, -0.15) is 0 Å². The van der Waals surface area contributed by atoms with Gasteiger partial charge in [0.15, 0.2) is 11.5 Å². The molecule has 0 radical (unpaired) electrons. The van der Waals surface area contributed by atoms with E-state index in [1.807, 2.05) is 18.2 Å². The normalized spacial score (nSPS) is 17.7. The van der Waals surface area contributed by atoms with Crippen LogP contribution in [0, 0.1) is 0 Å². The van der Waals surface area contributed by atoms with Gasteiger partial charge in [0, 0.05) is 32.6 Å². The third-order valence-electron chi connectivity index (χ3n) is 4.10. The molecule has 1 amide bonds. The number of morpholine rings is 1. The molecular weight excluding hydrogens is 296 g/mol. The standard InChI is InChI=1S/C17H24N2O4/c20-17(18-5-6-19-7-9-21-10-8-19)4-2-14-1-3-15-16(13-14)23-12-11-22-15/h1,3,13H,2,4-12H2,(H,18,20). The number of amides is 1. The van der Waals surface area contributed by atoms with Crippen LogP contribution in [-0.4, -0.2) is 63.4 Å². The molecule has 0 aliphatic carbocycles. The van der Waals surface area contributed by atoms with Gasteiger partial charge in [0.2, 0.25) is 5.91 Å². The van der Waals surface area contributed by atoms with Crippen molar-refractivity contribution in [3.63, 3.8) is 0 Å². The second-order valence-electron chi connectivity index (χ2n) is 5.78. The molecule has 3 rings (SSSR count). The molecule has 0 unspecified atom stereocenters. The Balaban J connectivity index is 1.37. The molecule has 2 aliphatic heterocycles. The molecule has 0 saturated carbocycles. The molecular formula is C17H24N2O4. The van der Waals surface area contributed by atoms with Crippen LogP contribution in [-0.2, 0) is 16.0 Å². The first-order valence-electron chi connectivity index (χ1n) is 8.26. The van der Waals surface area contributed by atoms with Crippen LogP contribution in [0.5, 0.6) is 11.5 Å². The van der Waals surface area contributed by atoms with Gasteiger partial charge in [0.25, 0.3) is 0 Å². The smallest absolute Gasteiger partial charge is 0.220 e. The second-order valence-corrected chi connectivity index (χ2v) is 5.78. The monoisotopic (exact) mass is 320 g/mol. The molecule has 1 fully saturated rings. The molecule has 1 aromatic rings. The van der Waals surface area contributed by atoms with Gasteiger partial charge in [0.1, 0.15) is 13.2 Å². The van der Waals surface area contributed by atoms with Crippen LogP contribution in [0.1, 0.15) is 12.0 Å². The summed E-state index contributed by atoms with van der Waals surface area (Å²) in [5, 5.41) is 2.99. The van der Waals surface area contributed by atoms with Crippen LogP contribution < -0.4 is 14.8 Å². The summed E-state index contributed by atoms with van der Waals surface area (Å²) in [5.74, 6) is 1.66. The molecule has 0 bridgehead atoms. The minimum absolute atomic E-state index is 0.0909. The number of nitrogens with zero attached hydrogens (tertiary/aromatic N) is 1. The van der Waals surface area contributed by atoms with Crippen molar-refractivity contribution in [2.75, 3.05) is 52.6 Å². The Labute approximate surface area is 136 Å². The molecule has 0 atom stereocenters. The Hall–Kier alpha value is -1.79. The van der Waals surface area contributed by atoms with Crippen molar-refractivity contribution in [1.29, 1.82) is 0 Å². The first-order chi connectivity index (χ1) is 11.3. The molecule has 6 heteroatoms. The number of rotatable bonds is 6. The summed E-state index contributed by atoms with van der Waals surface area (Å²) >= 11 is 0. The number of carbonyl (C=O) groups excluding carboxylic acids is 1. The zero-order valence-corrected chi connectivity index (χ0v) is 13.4. The highest BCUT2D eigenvalue weighted by Gasteiger charge is 2.13. The van der Waals surface area contributed by atoms with Gasteiger partial charge >= 0.3 is 0 Å². The Morgan fingerprint density at radius 2 is 1.87 bits per heavy atom. The molecule has 0 spiro atoms. The predicted octanol–water partition coefficient (Wildman–Crippen LogP) is 0.839. The van der Waals surface area contributed by atoms with Crippen LogP contribution in [0.3, 0.4) is 0 Å². The van der Waals surface area contributed by atoms with Crippen LogP contribution in [0.4, 0.5) is 0 Å². The summed E-state index contributed by atoms with van der Waals surface area (Å²) in [4.78, 5) is 14.2. The summed E-state index contributed by atoms with van der Waals surface area (Å²) < 4.78 is 16.4. The SMILES string of the molecule is O=C(CCc1ccc2c(c1)OCCO2)NCCN1CCOCC1. The number of benzene rings is 1. The molecule has 1 aromatic carbocycles. The first kappa shape index (κ1) is 16.1. The molecule has 2 heterocycles. The second kappa shape index (κ2) is 8.17. The zero-order chi connectivity index (χ0) is 15.9. The number of hydrogen-bond donors (Lipinski definition) is 1. The van der Waals surface area contributed by atoms with E-state index in [1.54, 1.807) is 0 Å². The molecule has 1 saturated heterocycles. The van der Waals surface area contributed by atoms with Gasteiger partial charge in [0.05, 0.1) is 13.2 Å². The van der Waals surface area contributed by atoms with Crippen molar-refractivity contribution in [1.82, 2.24) is 10.2 Å². The minimum atomic E-state index is 0.0909. The lowest BCUT2D eigenvalue weighted by atomic mass is 10.1. The number of aryl methyl sites for hydroxylation is 1. The van der Waals surface area contributed by atoms with E-state index in [4.69, 9.17) is 14.2 Å². The quantitative estimate of drug-likeness (QED) is 0.842. The lowest BCUT2D eigenvalue weighted by molar-refractivity contribution is -0.121. The van der Waals surface area contributed by atoms with Crippen molar-refractivity contribution >= 4 is 5.91 Å². The Morgan fingerprint density at radius 1 is 1.09 bits per heavy atom. The maximum Gasteiger partial charge on any atom is 0.220 e. The van der Waals surface area contributed by atoms with Gasteiger partial charge < -0.3 is 19.5 Å². The predicted molar refractivity (Wildman–Crippen MR) is 86.0 cm³/mol. The fourth-order valence-corrected chi connectivity index (χ4v) is 2.77. The average Bonchev–Trinajstić information content (AvgIpc) is 2.61. The van der Waals surface area contributed by atoms with E-state index < -0.39 is 0 Å². The van der Waals surface area contributed by atoms with Crippen LogP contribution >= 0.6 is 0 Å². The Bertz CT molecular complexity index is 529. The van der Waals surface area contributed by atoms with E-state index in [0.717, 1.165) is 49.9 Å². The highest BCUT2D eigenvalue weighted by Crippen LogP contribution is 2.30. The largest absolute Gasteiger partial charge is 0.486 e. The lowest BCUT2D eigenvalue weighted by Crippen LogP contribution is -2.41. The molecule has 6 nitrogen and oxygen atoms in total. The number of hydrogen-bond acceptors (Lipinski definition) is 5. The molecule has 126 valence electrons. The maximum absolute atomic E-state index is 11.9. The highest BCUT2D eigenvalue weighted by molar-refractivity contribution is 5.76. The summed E-state index contributed by atoms with van der Waals surface area (Å²) in [6.45, 7) is 6.24. The van der Waals surface area contributed by atoms with Crippen molar-refractivity contribution in [3.05, 3.63) is 23.8 Å². The summed E-state index contributed by atoms with van der Waals surface area (Å²) in [6, 6.07) is 5.88. The number of fused-ring (bicyclic) bond motifs is 1. The van der Waals surface area contributed by atoms with Crippen molar-refractivity contribution in [3.8, 4) is 11.5 Å². The number of carbonyl (C=O) groups is 1. The van der Waals surface area contributed by atoms with Gasteiger partial charge in [-0.3, -0.25) is 9.69 Å². The maximum atomic E-state index is 11.9. The lowest BCUT2D eigenvalue weighted by Gasteiger charge is -2.26. The van der Waals surface area contributed by atoms with Gasteiger partial charge in [-0.05, 0) is 24.1 Å². The molecule has 23 heavy (non-hydrogen) atoms.